The van der Waals surface area contributed by atoms with Gasteiger partial charge in [0.05, 0.1) is 5.69 Å². The molecule has 2 aromatic rings. The molecule has 0 radical (unpaired) electrons. The van der Waals surface area contributed by atoms with E-state index in [1.807, 2.05) is 24.3 Å². The van der Waals surface area contributed by atoms with E-state index in [9.17, 15) is 0 Å². The molecule has 0 atom stereocenters. The number of aromatic nitrogens is 2. The third-order valence-electron chi connectivity index (χ3n) is 3.45. The number of hydrogen-bond donors (Lipinski definition) is 1. The largest absolute Gasteiger partial charge is 0.471 e. The average molecular weight is 350 g/mol. The summed E-state index contributed by atoms with van der Waals surface area (Å²) >= 11 is 3.52. The van der Waals surface area contributed by atoms with Crippen LogP contribution in [0.15, 0.2) is 28.7 Å². The molecule has 1 aromatic carbocycles. The summed E-state index contributed by atoms with van der Waals surface area (Å²) in [6.45, 7) is 5.03. The number of rotatable bonds is 6. The van der Waals surface area contributed by atoms with Gasteiger partial charge in [0.1, 0.15) is 6.61 Å². The number of nitrogens with two attached hydrogens (primary N) is 1. The van der Waals surface area contributed by atoms with Gasteiger partial charge in [-0.2, -0.15) is 5.10 Å². The van der Waals surface area contributed by atoms with E-state index in [0.717, 1.165) is 39.7 Å². The molecule has 0 saturated carbocycles. The molecular weight excluding hydrogens is 330 g/mol. The van der Waals surface area contributed by atoms with Crippen LogP contribution in [-0.4, -0.2) is 10.2 Å². The highest BCUT2D eigenvalue weighted by Gasteiger charge is 2.14. The van der Waals surface area contributed by atoms with Crippen molar-refractivity contribution >= 4 is 15.9 Å². The Morgan fingerprint density at radius 2 is 1.86 bits per heavy atom. The molecule has 2 N–H and O–H groups in total. The SMILES string of the molecule is CCc1nnc(OCc2ccccc2Br)c(CN)c1CC. The second kappa shape index (κ2) is 7.52. The smallest absolute Gasteiger partial charge is 0.238 e. The van der Waals surface area contributed by atoms with Crippen LogP contribution in [-0.2, 0) is 26.0 Å². The quantitative estimate of drug-likeness (QED) is 0.867. The van der Waals surface area contributed by atoms with Gasteiger partial charge in [-0.15, -0.1) is 5.10 Å². The van der Waals surface area contributed by atoms with Gasteiger partial charge in [0, 0.05) is 22.1 Å². The standard InChI is InChI=1S/C16H20BrN3O/c1-3-12-13(9-18)16(20-19-15(12)4-2)21-10-11-7-5-6-8-14(11)17/h5-8H,3-4,9-10,18H2,1-2H3. The average Bonchev–Trinajstić information content (AvgIpc) is 2.52. The molecule has 5 heteroatoms. The summed E-state index contributed by atoms with van der Waals surface area (Å²) in [4.78, 5) is 0. The lowest BCUT2D eigenvalue weighted by atomic mass is 10.0. The number of halogens is 1. The Balaban J connectivity index is 2.26. The molecule has 0 aliphatic heterocycles. The first-order valence-electron chi connectivity index (χ1n) is 7.14. The van der Waals surface area contributed by atoms with Crippen molar-refractivity contribution in [2.75, 3.05) is 0 Å². The number of benzene rings is 1. The normalized spacial score (nSPS) is 10.7. The first-order chi connectivity index (χ1) is 10.2. The van der Waals surface area contributed by atoms with Crippen LogP contribution in [0.5, 0.6) is 5.88 Å². The zero-order valence-corrected chi connectivity index (χ0v) is 14.0. The van der Waals surface area contributed by atoms with Crippen molar-refractivity contribution in [1.29, 1.82) is 0 Å². The lowest BCUT2D eigenvalue weighted by Crippen LogP contribution is -2.12. The van der Waals surface area contributed by atoms with Gasteiger partial charge in [0.15, 0.2) is 0 Å². The van der Waals surface area contributed by atoms with Crippen LogP contribution < -0.4 is 10.5 Å². The molecule has 0 aliphatic rings. The van der Waals surface area contributed by atoms with E-state index >= 15 is 0 Å². The maximum Gasteiger partial charge on any atom is 0.238 e. The second-order valence-electron chi connectivity index (χ2n) is 4.70. The molecule has 0 unspecified atom stereocenters. The highest BCUT2D eigenvalue weighted by atomic mass is 79.9. The number of nitrogens with zero attached hydrogens (tertiary/aromatic N) is 2. The molecule has 0 bridgehead atoms. The second-order valence-corrected chi connectivity index (χ2v) is 5.55. The fraction of sp³-hybridized carbons (Fsp3) is 0.375. The summed E-state index contributed by atoms with van der Waals surface area (Å²) in [5.41, 5.74) is 10.1. The minimum atomic E-state index is 0.414. The van der Waals surface area contributed by atoms with Gasteiger partial charge < -0.3 is 10.5 Å². The molecule has 4 nitrogen and oxygen atoms in total. The van der Waals surface area contributed by atoms with E-state index in [0.29, 0.717) is 19.0 Å². The topological polar surface area (TPSA) is 61.0 Å². The van der Waals surface area contributed by atoms with Gasteiger partial charge in [0.2, 0.25) is 5.88 Å². The maximum atomic E-state index is 5.89. The molecule has 1 heterocycles. The molecule has 0 saturated heterocycles. The molecule has 0 aliphatic carbocycles. The number of hydrogen-bond acceptors (Lipinski definition) is 4. The molecule has 2 rings (SSSR count). The van der Waals surface area contributed by atoms with Crippen molar-refractivity contribution in [2.45, 2.75) is 39.8 Å². The van der Waals surface area contributed by atoms with Crippen molar-refractivity contribution in [3.63, 3.8) is 0 Å². The lowest BCUT2D eigenvalue weighted by Gasteiger charge is -2.15. The fourth-order valence-electron chi connectivity index (χ4n) is 2.32. The van der Waals surface area contributed by atoms with Gasteiger partial charge in [-0.1, -0.05) is 48.0 Å². The van der Waals surface area contributed by atoms with E-state index in [4.69, 9.17) is 10.5 Å². The van der Waals surface area contributed by atoms with Crippen LogP contribution in [0.2, 0.25) is 0 Å². The molecule has 112 valence electrons. The van der Waals surface area contributed by atoms with E-state index in [2.05, 4.69) is 40.0 Å². The minimum Gasteiger partial charge on any atom is -0.471 e. The minimum absolute atomic E-state index is 0.414. The van der Waals surface area contributed by atoms with E-state index in [1.54, 1.807) is 0 Å². The fourth-order valence-corrected chi connectivity index (χ4v) is 2.72. The van der Waals surface area contributed by atoms with Crippen LogP contribution in [0, 0.1) is 0 Å². The zero-order valence-electron chi connectivity index (χ0n) is 12.4. The van der Waals surface area contributed by atoms with Gasteiger partial charge in [-0.05, 0) is 24.5 Å². The van der Waals surface area contributed by atoms with E-state index < -0.39 is 0 Å². The van der Waals surface area contributed by atoms with Gasteiger partial charge in [0.25, 0.3) is 0 Å². The van der Waals surface area contributed by atoms with Crippen molar-refractivity contribution in [3.05, 3.63) is 51.1 Å². The Hall–Kier alpha value is -1.46. The van der Waals surface area contributed by atoms with Crippen LogP contribution >= 0.6 is 15.9 Å². The van der Waals surface area contributed by atoms with E-state index in [1.165, 1.54) is 0 Å². The number of ether oxygens (including phenoxy) is 1. The van der Waals surface area contributed by atoms with Gasteiger partial charge in [-0.3, -0.25) is 0 Å². The van der Waals surface area contributed by atoms with E-state index in [-0.39, 0.29) is 0 Å². The molecular formula is C16H20BrN3O. The summed E-state index contributed by atoms with van der Waals surface area (Å²) < 4.78 is 6.87. The van der Waals surface area contributed by atoms with Crippen molar-refractivity contribution in [3.8, 4) is 5.88 Å². The van der Waals surface area contributed by atoms with Crippen molar-refractivity contribution < 1.29 is 4.74 Å². The molecule has 0 spiro atoms. The maximum absolute atomic E-state index is 5.89. The Morgan fingerprint density at radius 3 is 2.48 bits per heavy atom. The molecule has 0 fully saturated rings. The van der Waals surface area contributed by atoms with Crippen LogP contribution in [0.4, 0.5) is 0 Å². The number of aryl methyl sites for hydroxylation is 1. The Kier molecular flexibility index (Phi) is 5.70. The monoisotopic (exact) mass is 349 g/mol. The Bertz CT molecular complexity index is 616. The van der Waals surface area contributed by atoms with Crippen LogP contribution in [0.1, 0.15) is 36.2 Å². The van der Waals surface area contributed by atoms with Gasteiger partial charge >= 0.3 is 0 Å². The first kappa shape index (κ1) is 15.9. The van der Waals surface area contributed by atoms with Crippen LogP contribution in [0.25, 0.3) is 0 Å². The third-order valence-corrected chi connectivity index (χ3v) is 4.22. The summed E-state index contributed by atoms with van der Waals surface area (Å²) in [7, 11) is 0. The Labute approximate surface area is 133 Å². The summed E-state index contributed by atoms with van der Waals surface area (Å²) in [5, 5.41) is 8.48. The zero-order chi connectivity index (χ0) is 15.2. The molecule has 21 heavy (non-hydrogen) atoms. The summed E-state index contributed by atoms with van der Waals surface area (Å²) in [5.74, 6) is 0.544. The van der Waals surface area contributed by atoms with Crippen LogP contribution in [0.3, 0.4) is 0 Å². The summed E-state index contributed by atoms with van der Waals surface area (Å²) in [6, 6.07) is 7.97. The lowest BCUT2D eigenvalue weighted by molar-refractivity contribution is 0.285. The Morgan fingerprint density at radius 1 is 1.10 bits per heavy atom. The highest BCUT2D eigenvalue weighted by molar-refractivity contribution is 9.10. The predicted molar refractivity (Wildman–Crippen MR) is 87.2 cm³/mol. The van der Waals surface area contributed by atoms with Gasteiger partial charge in [-0.25, -0.2) is 0 Å². The predicted octanol–water partition coefficient (Wildman–Crippen LogP) is 3.40. The van der Waals surface area contributed by atoms with Crippen molar-refractivity contribution in [1.82, 2.24) is 10.2 Å². The molecule has 1 aromatic heterocycles. The third kappa shape index (κ3) is 3.60. The van der Waals surface area contributed by atoms with Crippen molar-refractivity contribution in [2.24, 2.45) is 5.73 Å². The molecule has 0 amide bonds. The summed E-state index contributed by atoms with van der Waals surface area (Å²) in [6.07, 6.45) is 1.74. The first-order valence-corrected chi connectivity index (χ1v) is 7.94. The highest BCUT2D eigenvalue weighted by Crippen LogP contribution is 2.24.